The van der Waals surface area contributed by atoms with Gasteiger partial charge in [0.1, 0.15) is 5.92 Å². The molecule has 0 unspecified atom stereocenters. The van der Waals surface area contributed by atoms with E-state index in [9.17, 15) is 32.9 Å². The van der Waals surface area contributed by atoms with E-state index >= 15 is 0 Å². The molecule has 2 atom stereocenters. The number of hydrogen-bond acceptors (Lipinski definition) is 8. The number of non-ortho nitro benzene ring substituents is 1. The van der Waals surface area contributed by atoms with Crippen LogP contribution in [0.25, 0.3) is 0 Å². The first-order valence-corrected chi connectivity index (χ1v) is 10.5. The molecule has 2 N–H and O–H groups in total. The van der Waals surface area contributed by atoms with Gasteiger partial charge in [-0.05, 0) is 36.8 Å². The molecule has 31 heavy (non-hydrogen) atoms. The number of amides is 1. The number of nitrogens with two attached hydrogens (primary N) is 1. The molecule has 11 nitrogen and oxygen atoms in total. The number of benzene rings is 2. The number of esters is 1. The maximum absolute atomic E-state index is 12.8. The van der Waals surface area contributed by atoms with Gasteiger partial charge in [-0.3, -0.25) is 29.4 Å². The van der Waals surface area contributed by atoms with Crippen molar-refractivity contribution >= 4 is 39.1 Å². The van der Waals surface area contributed by atoms with Crippen LogP contribution in [0.2, 0.25) is 0 Å². The van der Waals surface area contributed by atoms with E-state index in [0.717, 1.165) is 17.0 Å². The lowest BCUT2D eigenvalue weighted by atomic mass is 9.92. The van der Waals surface area contributed by atoms with Crippen LogP contribution in [0, 0.1) is 16.0 Å². The van der Waals surface area contributed by atoms with Crippen LogP contribution in [0.5, 0.6) is 0 Å². The fourth-order valence-electron chi connectivity index (χ4n) is 3.35. The molecule has 1 saturated heterocycles. The quantitative estimate of drug-likeness (QED) is 0.226. The third kappa shape index (κ3) is 4.15. The van der Waals surface area contributed by atoms with Crippen molar-refractivity contribution in [2.45, 2.75) is 17.9 Å². The molecule has 0 aliphatic carbocycles. The number of primary sulfonamides is 1. The van der Waals surface area contributed by atoms with E-state index < -0.39 is 44.6 Å². The van der Waals surface area contributed by atoms with Gasteiger partial charge in [0, 0.05) is 17.8 Å². The fourth-order valence-corrected chi connectivity index (χ4v) is 3.86. The Morgan fingerprint density at radius 2 is 1.71 bits per heavy atom. The molecule has 2 aromatic rings. The lowest BCUT2D eigenvalue weighted by molar-refractivity contribution is -0.384. The van der Waals surface area contributed by atoms with Gasteiger partial charge in [0.05, 0.1) is 22.5 Å². The fraction of sp³-hybridized carbons (Fsp3) is 0.211. The van der Waals surface area contributed by atoms with Crippen molar-refractivity contribution in [1.29, 1.82) is 0 Å². The molecule has 1 aliphatic rings. The molecule has 1 amide bonds. The minimum absolute atomic E-state index is 0.0210. The number of rotatable bonds is 6. The van der Waals surface area contributed by atoms with Crippen LogP contribution in [-0.2, 0) is 29.1 Å². The van der Waals surface area contributed by atoms with Crippen LogP contribution >= 0.6 is 0 Å². The summed E-state index contributed by atoms with van der Waals surface area (Å²) in [5, 5.41) is 16.0. The number of ether oxygens (including phenoxy) is 1. The van der Waals surface area contributed by atoms with Crippen LogP contribution in [0.3, 0.4) is 0 Å². The second-order valence-electron chi connectivity index (χ2n) is 6.60. The van der Waals surface area contributed by atoms with Crippen LogP contribution < -0.4 is 10.0 Å². The molecule has 0 radical (unpaired) electrons. The van der Waals surface area contributed by atoms with Crippen LogP contribution in [-0.4, -0.2) is 37.6 Å². The van der Waals surface area contributed by atoms with E-state index in [2.05, 4.69) is 0 Å². The summed E-state index contributed by atoms with van der Waals surface area (Å²) in [4.78, 5) is 49.1. The third-order valence-electron chi connectivity index (χ3n) is 4.74. The van der Waals surface area contributed by atoms with Crippen molar-refractivity contribution in [2.75, 3.05) is 11.5 Å². The zero-order chi connectivity index (χ0) is 22.9. The van der Waals surface area contributed by atoms with E-state index in [1.54, 1.807) is 6.92 Å². The topological polar surface area (TPSA) is 167 Å². The number of hydrogen-bond donors (Lipinski definition) is 1. The number of Topliss-reactive ketones (excluding diaryl/α,β-unsaturated/α-hetero) is 1. The van der Waals surface area contributed by atoms with Crippen LogP contribution in [0.4, 0.5) is 11.4 Å². The summed E-state index contributed by atoms with van der Waals surface area (Å²) in [6, 6.07) is 8.79. The Bertz CT molecular complexity index is 1160. The van der Waals surface area contributed by atoms with Gasteiger partial charge in [-0.1, -0.05) is 12.1 Å². The van der Waals surface area contributed by atoms with Crippen molar-refractivity contribution in [3.8, 4) is 0 Å². The highest BCUT2D eigenvalue weighted by Gasteiger charge is 2.53. The van der Waals surface area contributed by atoms with Gasteiger partial charge in [-0.25, -0.2) is 13.6 Å². The van der Waals surface area contributed by atoms with Crippen LogP contribution in [0.15, 0.2) is 53.4 Å². The Morgan fingerprint density at radius 1 is 1.13 bits per heavy atom. The molecule has 3 rings (SSSR count). The van der Waals surface area contributed by atoms with Gasteiger partial charge in [-0.15, -0.1) is 0 Å². The largest absolute Gasteiger partial charge is 0.465 e. The zero-order valence-corrected chi connectivity index (χ0v) is 16.9. The summed E-state index contributed by atoms with van der Waals surface area (Å²) in [5.41, 5.74) is 0.218. The molecule has 0 saturated carbocycles. The second kappa shape index (κ2) is 8.24. The number of nitro groups is 1. The minimum Gasteiger partial charge on any atom is -0.465 e. The molecule has 1 fully saturated rings. The van der Waals surface area contributed by atoms with E-state index in [-0.39, 0.29) is 22.9 Å². The normalized spacial score (nSPS) is 18.8. The van der Waals surface area contributed by atoms with E-state index in [1.165, 1.54) is 36.4 Å². The van der Waals surface area contributed by atoms with Gasteiger partial charge in [-0.2, -0.15) is 0 Å². The summed E-state index contributed by atoms with van der Waals surface area (Å²) in [5.74, 6) is -4.40. The Hall–Kier alpha value is -3.64. The number of nitro benzene ring substituents is 1. The Kier molecular flexibility index (Phi) is 5.86. The van der Waals surface area contributed by atoms with Gasteiger partial charge in [0.15, 0.2) is 0 Å². The molecular formula is C19H17N3O8S. The average Bonchev–Trinajstić information content (AvgIpc) is 2.98. The Labute approximate surface area is 176 Å². The van der Waals surface area contributed by atoms with Crippen molar-refractivity contribution in [3.05, 3.63) is 64.2 Å². The highest BCUT2D eigenvalue weighted by atomic mass is 32.2. The third-order valence-corrected chi connectivity index (χ3v) is 5.66. The predicted octanol–water partition coefficient (Wildman–Crippen LogP) is 1.08. The number of anilines is 1. The number of ketones is 1. The molecule has 1 aliphatic heterocycles. The second-order valence-corrected chi connectivity index (χ2v) is 8.16. The first kappa shape index (κ1) is 22.1. The molecule has 12 heteroatoms. The SMILES string of the molecule is CCOC(=O)[C@H]1C(=O)C(=O)N(c2ccc(S(N)(=O)=O)cc2)[C@@H]1c1ccc([N+](=O)[O-])cc1. The first-order chi connectivity index (χ1) is 14.6. The number of carbonyl (C=O) groups is 3. The predicted molar refractivity (Wildman–Crippen MR) is 106 cm³/mol. The minimum atomic E-state index is -3.99. The summed E-state index contributed by atoms with van der Waals surface area (Å²) in [6.07, 6.45) is 0. The summed E-state index contributed by atoms with van der Waals surface area (Å²) < 4.78 is 28.0. The zero-order valence-electron chi connectivity index (χ0n) is 16.1. The smallest absolute Gasteiger partial charge is 0.319 e. The van der Waals surface area contributed by atoms with Crippen LogP contribution in [0.1, 0.15) is 18.5 Å². The van der Waals surface area contributed by atoms with E-state index in [4.69, 9.17) is 9.88 Å². The maximum Gasteiger partial charge on any atom is 0.319 e. The maximum atomic E-state index is 12.8. The molecule has 2 aromatic carbocycles. The Morgan fingerprint density at radius 3 is 2.19 bits per heavy atom. The standard InChI is InChI=1S/C19H17N3O8S/c1-2-30-19(25)15-16(11-3-5-13(6-4-11)22(26)27)21(18(24)17(15)23)12-7-9-14(10-8-12)31(20,28)29/h3-10,15-16H,2H2,1H3,(H2,20,28,29)/t15-,16-/m1/s1. The van der Waals surface area contributed by atoms with Gasteiger partial charge in [0.25, 0.3) is 11.6 Å². The average molecular weight is 447 g/mol. The summed E-state index contributed by atoms with van der Waals surface area (Å²) in [7, 11) is -3.99. The number of nitrogens with zero attached hydrogens (tertiary/aromatic N) is 2. The molecule has 0 bridgehead atoms. The molecule has 162 valence electrons. The van der Waals surface area contributed by atoms with Crippen molar-refractivity contribution < 1.29 is 32.5 Å². The number of carbonyl (C=O) groups excluding carboxylic acids is 3. The summed E-state index contributed by atoms with van der Waals surface area (Å²) in [6.45, 7) is 1.52. The first-order valence-electron chi connectivity index (χ1n) is 8.97. The number of sulfonamides is 1. The lowest BCUT2D eigenvalue weighted by Gasteiger charge is -2.27. The monoisotopic (exact) mass is 447 g/mol. The van der Waals surface area contributed by atoms with Crippen molar-refractivity contribution in [3.63, 3.8) is 0 Å². The molecular weight excluding hydrogens is 430 g/mol. The highest BCUT2D eigenvalue weighted by Crippen LogP contribution is 2.40. The van der Waals surface area contributed by atoms with E-state index in [0.29, 0.717) is 5.56 Å². The Balaban J connectivity index is 2.12. The highest BCUT2D eigenvalue weighted by molar-refractivity contribution is 7.89. The summed E-state index contributed by atoms with van der Waals surface area (Å²) >= 11 is 0. The van der Waals surface area contributed by atoms with E-state index in [1.807, 2.05) is 0 Å². The molecule has 0 aromatic heterocycles. The van der Waals surface area contributed by atoms with Crippen molar-refractivity contribution in [2.24, 2.45) is 11.1 Å². The molecule has 1 heterocycles. The lowest BCUT2D eigenvalue weighted by Crippen LogP contribution is -2.31. The molecule has 0 spiro atoms. The van der Waals surface area contributed by atoms with Crippen molar-refractivity contribution in [1.82, 2.24) is 0 Å². The van der Waals surface area contributed by atoms with Gasteiger partial charge < -0.3 is 4.74 Å². The van der Waals surface area contributed by atoms with Gasteiger partial charge >= 0.3 is 5.97 Å². The van der Waals surface area contributed by atoms with Gasteiger partial charge in [0.2, 0.25) is 15.8 Å².